The summed E-state index contributed by atoms with van der Waals surface area (Å²) >= 11 is 0. The Morgan fingerprint density at radius 1 is 0.789 bits per heavy atom. The monoisotopic (exact) mass is 314 g/mol. The van der Waals surface area contributed by atoms with Crippen LogP contribution in [0.25, 0.3) is 10.8 Å². The molecule has 2 aromatic rings. The quantitative estimate of drug-likeness (QED) is 0.288. The summed E-state index contributed by atoms with van der Waals surface area (Å²) in [5.74, 6) is -11.1. The molecular weight excluding hydrogens is 313 g/mol. The molecule has 0 aliphatic heterocycles. The molecule has 0 fully saturated rings. The van der Waals surface area contributed by atoms with Gasteiger partial charge >= 0.3 is 23.1 Å². The number of hydrogen-bond acceptors (Lipinski definition) is 0. The first-order valence-corrected chi connectivity index (χ1v) is 3.96. The van der Waals surface area contributed by atoms with E-state index in [1.807, 2.05) is 0 Å². The molecule has 0 nitrogen and oxygen atoms in total. The Kier molecular flexibility index (Phi) is 7.75. The van der Waals surface area contributed by atoms with Crippen molar-refractivity contribution < 1.29 is 31.0 Å². The van der Waals surface area contributed by atoms with E-state index in [1.165, 1.54) is 0 Å². The van der Waals surface area contributed by atoms with Gasteiger partial charge in [0, 0.05) is 0 Å². The topological polar surface area (TPSA) is 0 Å². The van der Waals surface area contributed by atoms with Gasteiger partial charge in [0.05, 0.1) is 11.6 Å². The van der Waals surface area contributed by atoms with Gasteiger partial charge in [0.2, 0.25) is 0 Å². The third kappa shape index (κ3) is 3.24. The van der Waals surface area contributed by atoms with Crippen molar-refractivity contribution >= 4 is 46.2 Å². The fourth-order valence-electron chi connectivity index (χ4n) is 1.29. The van der Waals surface area contributed by atoms with Gasteiger partial charge in [-0.25, -0.2) is 22.0 Å². The van der Waals surface area contributed by atoms with Crippen molar-refractivity contribution in [1.29, 1.82) is 0 Å². The minimum absolute atomic E-state index is 0. The number of benzene rings is 2. The minimum Gasteiger partial charge on any atom is -1.00 e. The van der Waals surface area contributed by atoms with Gasteiger partial charge in [-0.05, 0) is 5.39 Å². The molecule has 0 heterocycles. The van der Waals surface area contributed by atoms with Crippen LogP contribution < -0.4 is 4.70 Å². The van der Waals surface area contributed by atoms with Gasteiger partial charge in [0.25, 0.3) is 0 Å². The first-order chi connectivity index (χ1) is 7.43. The molecule has 0 spiro atoms. The van der Waals surface area contributed by atoms with Gasteiger partial charge in [-0.2, -0.15) is 0 Å². The normalized spacial score (nSPS) is 9.37. The molecule has 0 unspecified atom stereocenters. The predicted molar refractivity (Wildman–Crippen MR) is 55.5 cm³/mol. The van der Waals surface area contributed by atoms with Crippen molar-refractivity contribution in [3.05, 3.63) is 47.0 Å². The Morgan fingerprint density at radius 2 is 1.26 bits per heavy atom. The summed E-state index contributed by atoms with van der Waals surface area (Å²) < 4.78 is 76.9. The Balaban J connectivity index is 0. The maximum Gasteiger partial charge on any atom is 2.00 e. The molecule has 0 amide bonds. The zero-order valence-electron chi connectivity index (χ0n) is 8.84. The van der Waals surface area contributed by atoms with Crippen molar-refractivity contribution in [3.8, 4) is 0 Å². The van der Waals surface area contributed by atoms with Crippen molar-refractivity contribution in [1.82, 2.24) is 0 Å². The van der Waals surface area contributed by atoms with E-state index in [-0.39, 0.29) is 40.2 Å². The number of halogens is 8. The van der Waals surface area contributed by atoms with Crippen molar-refractivity contribution in [2.24, 2.45) is 0 Å². The molecule has 0 radical (unpaired) electrons. The summed E-state index contributed by atoms with van der Waals surface area (Å²) in [5.41, 5.74) is 0. The van der Waals surface area contributed by atoms with E-state index in [1.54, 1.807) is 6.07 Å². The fraction of sp³-hybridized carbons (Fsp3) is 0. The zero-order valence-corrected chi connectivity index (χ0v) is 11.1. The van der Waals surface area contributed by atoms with Gasteiger partial charge < -0.3 is 4.70 Å². The first-order valence-electron chi connectivity index (χ1n) is 3.96. The van der Waals surface area contributed by atoms with Crippen LogP contribution in [0.1, 0.15) is 0 Å². The summed E-state index contributed by atoms with van der Waals surface area (Å²) in [6.45, 7) is 0. The number of rotatable bonds is 0. The van der Waals surface area contributed by atoms with E-state index in [4.69, 9.17) is 0 Å². The molecule has 0 bridgehead atoms. The van der Waals surface area contributed by atoms with Crippen LogP contribution in [-0.4, -0.2) is 23.1 Å². The van der Waals surface area contributed by atoms with E-state index in [9.17, 15) is 26.3 Å². The third-order valence-corrected chi connectivity index (χ3v) is 2.01. The van der Waals surface area contributed by atoms with E-state index >= 15 is 0 Å². The van der Waals surface area contributed by atoms with Crippen LogP contribution in [0, 0.1) is 41.0 Å². The maximum atomic E-state index is 13.1. The van der Waals surface area contributed by atoms with Gasteiger partial charge in [-0.15, -0.1) is 23.9 Å². The van der Waals surface area contributed by atoms with Crippen molar-refractivity contribution in [2.75, 3.05) is 0 Å². The molecule has 19 heavy (non-hydrogen) atoms. The molecular formula is C10H2ClF7Mg. The zero-order chi connectivity index (χ0) is 12.0. The van der Waals surface area contributed by atoms with Crippen LogP contribution in [-0.2, 0) is 0 Å². The molecule has 0 aromatic heterocycles. The average Bonchev–Trinajstić information content (AvgIpc) is 2.23. The maximum absolute atomic E-state index is 13.1. The van der Waals surface area contributed by atoms with Crippen LogP contribution in [0.5, 0.6) is 0 Å². The van der Waals surface area contributed by atoms with Gasteiger partial charge in [-0.1, -0.05) is 6.07 Å². The van der Waals surface area contributed by atoms with Gasteiger partial charge in [0.15, 0.2) is 5.82 Å². The molecule has 100 valence electrons. The molecule has 2 aromatic carbocycles. The Hall–Kier alpha value is -0.734. The van der Waals surface area contributed by atoms with E-state index in [0.717, 1.165) is 0 Å². The summed E-state index contributed by atoms with van der Waals surface area (Å²) in [7, 11) is 0. The summed E-state index contributed by atoms with van der Waals surface area (Å²) in [6, 6.07) is 1.91. The summed E-state index contributed by atoms with van der Waals surface area (Å²) in [6.07, 6.45) is 0. The Bertz CT molecular complexity index is 554. The molecule has 0 saturated carbocycles. The van der Waals surface area contributed by atoms with Crippen LogP contribution >= 0.6 is 12.4 Å². The second-order valence-electron chi connectivity index (χ2n) is 2.98. The van der Waals surface area contributed by atoms with E-state index in [0.29, 0.717) is 6.07 Å². The summed E-state index contributed by atoms with van der Waals surface area (Å²) in [5, 5.41) is -1.88. The van der Waals surface area contributed by atoms with Gasteiger partial charge in [-0.3, -0.25) is 4.39 Å². The second-order valence-corrected chi connectivity index (χ2v) is 2.98. The van der Waals surface area contributed by atoms with E-state index in [2.05, 4.69) is 0 Å². The van der Waals surface area contributed by atoms with Crippen molar-refractivity contribution in [3.63, 3.8) is 0 Å². The van der Waals surface area contributed by atoms with Crippen LogP contribution in [0.15, 0.2) is 6.07 Å². The fourth-order valence-corrected chi connectivity index (χ4v) is 1.29. The Labute approximate surface area is 124 Å². The molecule has 0 aliphatic rings. The molecule has 0 atom stereocenters. The molecule has 2 rings (SSSR count). The third-order valence-electron chi connectivity index (χ3n) is 2.01. The SMILES string of the molecule is Cl.Fc1[c-]c2cc(F)c(F)c(F)c2c(F)c1F.[F-].[Mg+2]. The average molecular weight is 315 g/mol. The second kappa shape index (κ2) is 7.16. The Morgan fingerprint density at radius 3 is 1.79 bits per heavy atom. The van der Waals surface area contributed by atoms with E-state index < -0.39 is 45.7 Å². The molecule has 0 N–H and O–H groups in total. The number of hydrogen-bond donors (Lipinski definition) is 0. The minimum atomic E-state index is -1.99. The van der Waals surface area contributed by atoms with Crippen LogP contribution in [0.3, 0.4) is 0 Å². The molecule has 0 aliphatic carbocycles. The summed E-state index contributed by atoms with van der Waals surface area (Å²) in [4.78, 5) is 0. The largest absolute Gasteiger partial charge is 2.00 e. The molecule has 9 heteroatoms. The number of fused-ring (bicyclic) bond motifs is 1. The van der Waals surface area contributed by atoms with Crippen LogP contribution in [0.2, 0.25) is 0 Å². The van der Waals surface area contributed by atoms with Crippen molar-refractivity contribution in [2.45, 2.75) is 0 Å². The van der Waals surface area contributed by atoms with Gasteiger partial charge in [0.1, 0.15) is 17.5 Å². The smallest absolute Gasteiger partial charge is 1.00 e. The predicted octanol–water partition coefficient (Wildman–Crippen LogP) is 0.520. The molecule has 0 saturated heterocycles. The van der Waals surface area contributed by atoms with Crippen LogP contribution in [0.4, 0.5) is 26.3 Å². The standard InChI is InChI=1S/C10HF6.ClH.FH.Mg/c11-4-1-3-2-5(12)8(14)10(16)6(3)9(15)7(4)13;;;/h1H;2*1H;/q-1;;;+2/p-1. The first kappa shape index (κ1) is 20.6.